The van der Waals surface area contributed by atoms with Gasteiger partial charge in [-0.25, -0.2) is 15.0 Å². The van der Waals surface area contributed by atoms with Crippen molar-refractivity contribution in [2.45, 2.75) is 19.3 Å². The van der Waals surface area contributed by atoms with Gasteiger partial charge in [-0.2, -0.15) is 0 Å². The number of carbonyl (C=O) groups is 1. The first-order valence-electron chi connectivity index (χ1n) is 9.92. The molecule has 1 amide bonds. The van der Waals surface area contributed by atoms with Crippen molar-refractivity contribution in [3.05, 3.63) is 47.0 Å². The van der Waals surface area contributed by atoms with E-state index >= 15 is 0 Å². The molecule has 3 heterocycles. The smallest absolute Gasteiger partial charge is 0.265 e. The molecule has 1 fully saturated rings. The van der Waals surface area contributed by atoms with E-state index in [9.17, 15) is 4.79 Å². The van der Waals surface area contributed by atoms with E-state index in [-0.39, 0.29) is 30.7 Å². The highest BCUT2D eigenvalue weighted by Crippen LogP contribution is 2.31. The molecule has 2 aromatic carbocycles. The highest BCUT2D eigenvalue weighted by atomic mass is 35.5. The fourth-order valence-electron chi connectivity index (χ4n) is 3.71. The Morgan fingerprint density at radius 1 is 1.03 bits per heavy atom. The number of fused-ring (bicyclic) bond motifs is 2. The maximum Gasteiger partial charge on any atom is 0.265 e. The SMILES string of the molecule is Cl.Cl.Cn1c(Nc2nc3ccc(Cl)cc3s2)nc2cc(C(=O)NN3CCCCC3)ccc21. The summed E-state index contributed by atoms with van der Waals surface area (Å²) in [5.41, 5.74) is 6.20. The molecule has 1 aliphatic rings. The quantitative estimate of drug-likeness (QED) is 0.374. The van der Waals surface area contributed by atoms with Crippen LogP contribution in [-0.4, -0.2) is 38.5 Å². The molecule has 2 N–H and O–H groups in total. The Hall–Kier alpha value is -2.10. The van der Waals surface area contributed by atoms with Gasteiger partial charge in [0.2, 0.25) is 5.95 Å². The fraction of sp³-hybridized carbons (Fsp3) is 0.286. The van der Waals surface area contributed by atoms with Crippen molar-refractivity contribution in [2.75, 3.05) is 18.4 Å². The van der Waals surface area contributed by atoms with Crippen LogP contribution in [0, 0.1) is 0 Å². The van der Waals surface area contributed by atoms with Gasteiger partial charge < -0.3 is 9.88 Å². The zero-order valence-corrected chi connectivity index (χ0v) is 20.5. The van der Waals surface area contributed by atoms with E-state index in [2.05, 4.69) is 20.7 Å². The molecule has 1 aliphatic heterocycles. The van der Waals surface area contributed by atoms with Crippen LogP contribution in [0.25, 0.3) is 21.3 Å². The van der Waals surface area contributed by atoms with E-state index in [1.54, 1.807) is 0 Å². The van der Waals surface area contributed by atoms with Crippen LogP contribution in [0.4, 0.5) is 11.1 Å². The molecule has 5 rings (SSSR count). The molecule has 0 bridgehead atoms. The number of aryl methyl sites for hydroxylation is 1. The average molecular weight is 514 g/mol. The maximum absolute atomic E-state index is 12.6. The average Bonchev–Trinajstić information content (AvgIpc) is 3.28. The van der Waals surface area contributed by atoms with Crippen LogP contribution in [0.3, 0.4) is 0 Å². The van der Waals surface area contributed by atoms with Gasteiger partial charge in [-0.3, -0.25) is 10.2 Å². The summed E-state index contributed by atoms with van der Waals surface area (Å²) < 4.78 is 2.97. The summed E-state index contributed by atoms with van der Waals surface area (Å²) in [6.45, 7) is 1.80. The summed E-state index contributed by atoms with van der Waals surface area (Å²) in [4.78, 5) is 21.9. The Labute approximate surface area is 207 Å². The number of piperidine rings is 1. The first kappa shape index (κ1) is 24.5. The predicted octanol–water partition coefficient (Wildman–Crippen LogP) is 5.55. The molecule has 2 aromatic heterocycles. The van der Waals surface area contributed by atoms with E-state index in [1.807, 2.05) is 53.0 Å². The monoisotopic (exact) mass is 512 g/mol. The molecule has 0 aliphatic carbocycles. The summed E-state index contributed by atoms with van der Waals surface area (Å²) >= 11 is 7.60. The molecule has 0 saturated carbocycles. The summed E-state index contributed by atoms with van der Waals surface area (Å²) in [5, 5.41) is 6.73. The second-order valence-electron chi connectivity index (χ2n) is 7.44. The van der Waals surface area contributed by atoms with Crippen LogP contribution in [0.1, 0.15) is 29.6 Å². The third-order valence-electron chi connectivity index (χ3n) is 5.33. The Bertz CT molecular complexity index is 1250. The van der Waals surface area contributed by atoms with Gasteiger partial charge in [-0.05, 0) is 49.2 Å². The number of benzene rings is 2. The third kappa shape index (κ3) is 4.94. The standard InChI is InChI=1S/C21H21ClN6OS.2ClH/c1-27-17-8-5-13(19(29)26-28-9-3-2-4-10-28)11-16(17)23-20(27)25-21-24-15-7-6-14(22)12-18(15)30-21;;/h5-8,11-12H,2-4,9-10H2,1H3,(H,26,29)(H,23,24,25);2*1H. The molecule has 170 valence electrons. The number of nitrogens with one attached hydrogen (secondary N) is 2. The molecule has 0 unspecified atom stereocenters. The van der Waals surface area contributed by atoms with Gasteiger partial charge >= 0.3 is 0 Å². The van der Waals surface area contributed by atoms with Crippen molar-refractivity contribution in [3.63, 3.8) is 0 Å². The van der Waals surface area contributed by atoms with Gasteiger partial charge in [0.15, 0.2) is 5.13 Å². The van der Waals surface area contributed by atoms with Crippen molar-refractivity contribution in [1.29, 1.82) is 0 Å². The summed E-state index contributed by atoms with van der Waals surface area (Å²) in [6, 6.07) is 11.2. The molecule has 0 atom stereocenters. The van der Waals surface area contributed by atoms with Crippen LogP contribution >= 0.6 is 47.8 Å². The van der Waals surface area contributed by atoms with Crippen molar-refractivity contribution in [2.24, 2.45) is 7.05 Å². The second kappa shape index (κ2) is 10.2. The van der Waals surface area contributed by atoms with Crippen molar-refractivity contribution < 1.29 is 4.79 Å². The molecule has 32 heavy (non-hydrogen) atoms. The fourth-order valence-corrected chi connectivity index (χ4v) is 4.85. The summed E-state index contributed by atoms with van der Waals surface area (Å²) in [5.74, 6) is 0.575. The number of rotatable bonds is 4. The number of halogens is 3. The molecule has 7 nitrogen and oxygen atoms in total. The number of thiazole rings is 1. The lowest BCUT2D eigenvalue weighted by Gasteiger charge is -2.26. The zero-order chi connectivity index (χ0) is 20.7. The zero-order valence-electron chi connectivity index (χ0n) is 17.3. The Kier molecular flexibility index (Phi) is 7.84. The van der Waals surface area contributed by atoms with Crippen LogP contribution in [0.15, 0.2) is 36.4 Å². The van der Waals surface area contributed by atoms with E-state index < -0.39 is 0 Å². The predicted molar refractivity (Wildman–Crippen MR) is 136 cm³/mol. The van der Waals surface area contributed by atoms with E-state index in [4.69, 9.17) is 11.6 Å². The molecule has 1 saturated heterocycles. The van der Waals surface area contributed by atoms with Gasteiger partial charge in [0.05, 0.1) is 21.3 Å². The van der Waals surface area contributed by atoms with Crippen LogP contribution in [0.2, 0.25) is 5.02 Å². The number of imidazole rings is 1. The number of anilines is 2. The molecule has 11 heteroatoms. The van der Waals surface area contributed by atoms with Gasteiger partial charge in [-0.1, -0.05) is 29.4 Å². The Balaban J connectivity index is 0.00000144. The van der Waals surface area contributed by atoms with Gasteiger partial charge in [-0.15, -0.1) is 24.8 Å². The molecule has 0 radical (unpaired) electrons. The minimum Gasteiger partial charge on any atom is -0.313 e. The highest BCUT2D eigenvalue weighted by Gasteiger charge is 2.16. The van der Waals surface area contributed by atoms with Crippen molar-refractivity contribution >= 4 is 86.0 Å². The minimum absolute atomic E-state index is 0. The number of hydrogen-bond donors (Lipinski definition) is 2. The largest absolute Gasteiger partial charge is 0.313 e. The Morgan fingerprint density at radius 2 is 1.81 bits per heavy atom. The topological polar surface area (TPSA) is 75.1 Å². The summed E-state index contributed by atoms with van der Waals surface area (Å²) in [6.07, 6.45) is 3.46. The van der Waals surface area contributed by atoms with E-state index in [1.165, 1.54) is 17.8 Å². The number of hydrazine groups is 1. The van der Waals surface area contributed by atoms with E-state index in [0.717, 1.165) is 52.3 Å². The van der Waals surface area contributed by atoms with Crippen molar-refractivity contribution in [3.8, 4) is 0 Å². The number of amides is 1. The molecule has 0 spiro atoms. The van der Waals surface area contributed by atoms with Crippen LogP contribution < -0.4 is 10.7 Å². The maximum atomic E-state index is 12.6. The number of aromatic nitrogens is 3. The number of carbonyl (C=O) groups excluding carboxylic acids is 1. The Morgan fingerprint density at radius 3 is 2.59 bits per heavy atom. The first-order chi connectivity index (χ1) is 14.6. The molecule has 4 aromatic rings. The lowest BCUT2D eigenvalue weighted by atomic mass is 10.1. The number of nitrogens with zero attached hydrogens (tertiary/aromatic N) is 4. The van der Waals surface area contributed by atoms with Gasteiger partial charge in [0.1, 0.15) is 0 Å². The van der Waals surface area contributed by atoms with Gasteiger partial charge in [0.25, 0.3) is 5.91 Å². The lowest BCUT2D eigenvalue weighted by Crippen LogP contribution is -2.45. The van der Waals surface area contributed by atoms with Gasteiger partial charge in [0, 0.05) is 30.7 Å². The van der Waals surface area contributed by atoms with E-state index in [0.29, 0.717) is 16.5 Å². The second-order valence-corrected chi connectivity index (χ2v) is 8.91. The third-order valence-corrected chi connectivity index (χ3v) is 6.50. The molecular formula is C21H23Cl3N6OS. The highest BCUT2D eigenvalue weighted by molar-refractivity contribution is 7.22. The first-order valence-corrected chi connectivity index (χ1v) is 11.1. The molecular weight excluding hydrogens is 491 g/mol. The summed E-state index contributed by atoms with van der Waals surface area (Å²) in [7, 11) is 1.94. The van der Waals surface area contributed by atoms with Crippen LogP contribution in [-0.2, 0) is 7.05 Å². The minimum atomic E-state index is -0.0954. The van der Waals surface area contributed by atoms with Crippen molar-refractivity contribution in [1.82, 2.24) is 25.0 Å². The number of hydrogen-bond acceptors (Lipinski definition) is 6. The lowest BCUT2D eigenvalue weighted by molar-refractivity contribution is 0.0750. The normalized spacial score (nSPS) is 14.1. The van der Waals surface area contributed by atoms with Crippen LogP contribution in [0.5, 0.6) is 0 Å².